The van der Waals surface area contributed by atoms with Crippen molar-refractivity contribution in [3.8, 4) is 0 Å². The SMILES string of the molecule is CCCC(CO)N1CC(CS(N)(=O)=O)CC1=O. The first-order chi connectivity index (χ1) is 7.87. The Bertz CT molecular complexity index is 369. The zero-order chi connectivity index (χ0) is 13.1. The normalized spacial score (nSPS) is 23.1. The van der Waals surface area contributed by atoms with Gasteiger partial charge in [-0.1, -0.05) is 13.3 Å². The highest BCUT2D eigenvalue weighted by Crippen LogP contribution is 2.22. The molecule has 3 N–H and O–H groups in total. The van der Waals surface area contributed by atoms with E-state index in [4.69, 9.17) is 5.14 Å². The number of aliphatic hydroxyl groups excluding tert-OH is 1. The van der Waals surface area contributed by atoms with E-state index < -0.39 is 10.0 Å². The van der Waals surface area contributed by atoms with Crippen LogP contribution in [0.3, 0.4) is 0 Å². The minimum Gasteiger partial charge on any atom is -0.394 e. The van der Waals surface area contributed by atoms with Crippen molar-refractivity contribution < 1.29 is 18.3 Å². The molecule has 17 heavy (non-hydrogen) atoms. The van der Waals surface area contributed by atoms with Crippen molar-refractivity contribution >= 4 is 15.9 Å². The lowest BCUT2D eigenvalue weighted by molar-refractivity contribution is -0.130. The number of nitrogens with zero attached hydrogens (tertiary/aromatic N) is 1. The van der Waals surface area contributed by atoms with Gasteiger partial charge in [-0.3, -0.25) is 4.79 Å². The average molecular weight is 264 g/mol. The Morgan fingerprint density at radius 2 is 2.24 bits per heavy atom. The number of hydrogen-bond donors (Lipinski definition) is 2. The monoisotopic (exact) mass is 264 g/mol. The fraction of sp³-hybridized carbons (Fsp3) is 0.900. The Labute approximate surface area is 102 Å². The summed E-state index contributed by atoms with van der Waals surface area (Å²) in [4.78, 5) is 13.3. The zero-order valence-electron chi connectivity index (χ0n) is 10.0. The van der Waals surface area contributed by atoms with Crippen LogP contribution in [0.2, 0.25) is 0 Å². The molecule has 0 aromatic rings. The molecule has 0 aliphatic carbocycles. The molecule has 0 spiro atoms. The Morgan fingerprint density at radius 1 is 1.59 bits per heavy atom. The number of nitrogens with two attached hydrogens (primary N) is 1. The van der Waals surface area contributed by atoms with Gasteiger partial charge in [-0.05, 0) is 6.42 Å². The minimum atomic E-state index is -3.54. The summed E-state index contributed by atoms with van der Waals surface area (Å²) in [6, 6.07) is -0.196. The highest BCUT2D eigenvalue weighted by molar-refractivity contribution is 7.89. The molecule has 1 saturated heterocycles. The molecule has 2 atom stereocenters. The van der Waals surface area contributed by atoms with Gasteiger partial charge < -0.3 is 10.0 Å². The third kappa shape index (κ3) is 4.25. The highest BCUT2D eigenvalue weighted by atomic mass is 32.2. The Kier molecular flexibility index (Phi) is 4.91. The van der Waals surface area contributed by atoms with Crippen LogP contribution in [0.5, 0.6) is 0 Å². The van der Waals surface area contributed by atoms with Crippen molar-refractivity contribution in [3.63, 3.8) is 0 Å². The number of aliphatic hydroxyl groups is 1. The van der Waals surface area contributed by atoms with Gasteiger partial charge in [0.15, 0.2) is 0 Å². The first kappa shape index (κ1) is 14.4. The van der Waals surface area contributed by atoms with Gasteiger partial charge in [-0.2, -0.15) is 0 Å². The van der Waals surface area contributed by atoms with Crippen LogP contribution in [0.1, 0.15) is 26.2 Å². The third-order valence-electron chi connectivity index (χ3n) is 2.98. The lowest BCUT2D eigenvalue weighted by Crippen LogP contribution is -2.39. The van der Waals surface area contributed by atoms with Gasteiger partial charge in [-0.15, -0.1) is 0 Å². The quantitative estimate of drug-likeness (QED) is 0.661. The molecular weight excluding hydrogens is 244 g/mol. The number of sulfonamides is 1. The van der Waals surface area contributed by atoms with Gasteiger partial charge in [0.2, 0.25) is 15.9 Å². The Hall–Kier alpha value is -0.660. The minimum absolute atomic E-state index is 0.0817. The Balaban J connectivity index is 2.63. The van der Waals surface area contributed by atoms with E-state index in [2.05, 4.69) is 0 Å². The smallest absolute Gasteiger partial charge is 0.223 e. The summed E-state index contributed by atoms with van der Waals surface area (Å²) >= 11 is 0. The van der Waals surface area contributed by atoms with Crippen molar-refractivity contribution in [2.45, 2.75) is 32.2 Å². The van der Waals surface area contributed by atoms with E-state index in [1.54, 1.807) is 4.90 Å². The van der Waals surface area contributed by atoms with Crippen molar-refractivity contribution in [2.24, 2.45) is 11.1 Å². The van der Waals surface area contributed by atoms with E-state index in [0.717, 1.165) is 12.8 Å². The van der Waals surface area contributed by atoms with Gasteiger partial charge in [0.1, 0.15) is 0 Å². The molecule has 6 nitrogen and oxygen atoms in total. The number of hydrogen-bond acceptors (Lipinski definition) is 4. The van der Waals surface area contributed by atoms with Crippen LogP contribution < -0.4 is 5.14 Å². The van der Waals surface area contributed by atoms with Crippen LogP contribution in [-0.2, 0) is 14.8 Å². The Morgan fingerprint density at radius 3 is 2.71 bits per heavy atom. The van der Waals surface area contributed by atoms with Crippen LogP contribution in [0.15, 0.2) is 0 Å². The summed E-state index contributed by atoms with van der Waals surface area (Å²) in [6.45, 7) is 2.27. The van der Waals surface area contributed by atoms with Gasteiger partial charge in [0.05, 0.1) is 18.4 Å². The molecular formula is C10H20N2O4S. The molecule has 1 heterocycles. The van der Waals surface area contributed by atoms with Crippen LogP contribution in [0.25, 0.3) is 0 Å². The summed E-state index contributed by atoms with van der Waals surface area (Å²) in [5.74, 6) is -0.506. The predicted octanol–water partition coefficient (Wildman–Crippen LogP) is -0.716. The second-order valence-corrected chi connectivity index (χ2v) is 6.23. The summed E-state index contributed by atoms with van der Waals surface area (Å²) in [6.07, 6.45) is 1.80. The molecule has 1 fully saturated rings. The molecule has 1 aliphatic rings. The lowest BCUT2D eigenvalue weighted by atomic mass is 10.1. The number of carbonyl (C=O) groups excluding carboxylic acids is 1. The maximum Gasteiger partial charge on any atom is 0.223 e. The van der Waals surface area contributed by atoms with E-state index in [9.17, 15) is 18.3 Å². The van der Waals surface area contributed by atoms with Crippen molar-refractivity contribution in [2.75, 3.05) is 18.9 Å². The molecule has 100 valence electrons. The molecule has 1 rings (SSSR count). The maximum atomic E-state index is 11.7. The van der Waals surface area contributed by atoms with Crippen LogP contribution in [0.4, 0.5) is 0 Å². The van der Waals surface area contributed by atoms with Crippen molar-refractivity contribution in [3.05, 3.63) is 0 Å². The second kappa shape index (κ2) is 5.79. The molecule has 1 amide bonds. The van der Waals surface area contributed by atoms with Crippen LogP contribution >= 0.6 is 0 Å². The van der Waals surface area contributed by atoms with Crippen molar-refractivity contribution in [1.29, 1.82) is 0 Å². The lowest BCUT2D eigenvalue weighted by Gasteiger charge is -2.26. The zero-order valence-corrected chi connectivity index (χ0v) is 10.8. The van der Waals surface area contributed by atoms with E-state index in [1.165, 1.54) is 0 Å². The highest BCUT2D eigenvalue weighted by Gasteiger charge is 2.35. The number of rotatable bonds is 6. The number of carbonyl (C=O) groups is 1. The van der Waals surface area contributed by atoms with Crippen LogP contribution in [0, 0.1) is 5.92 Å². The number of likely N-dealkylation sites (tertiary alicyclic amines) is 1. The fourth-order valence-electron chi connectivity index (χ4n) is 2.28. The van der Waals surface area contributed by atoms with Gasteiger partial charge in [0, 0.05) is 18.9 Å². The standard InChI is InChI=1S/C10H20N2O4S/c1-2-3-9(6-13)12-5-8(4-10(12)14)7-17(11,15)16/h8-9,13H,2-7H2,1H3,(H2,11,15,16). The molecule has 2 unspecified atom stereocenters. The predicted molar refractivity (Wildman–Crippen MR) is 63.6 cm³/mol. The average Bonchev–Trinajstić information content (AvgIpc) is 2.53. The van der Waals surface area contributed by atoms with Gasteiger partial charge in [-0.25, -0.2) is 13.6 Å². The van der Waals surface area contributed by atoms with Gasteiger partial charge >= 0.3 is 0 Å². The summed E-state index contributed by atoms with van der Waals surface area (Å²) in [7, 11) is -3.54. The topological polar surface area (TPSA) is 101 Å². The third-order valence-corrected chi connectivity index (χ3v) is 3.92. The molecule has 0 saturated carbocycles. The van der Waals surface area contributed by atoms with E-state index in [-0.39, 0.29) is 36.6 Å². The maximum absolute atomic E-state index is 11.7. The van der Waals surface area contributed by atoms with E-state index >= 15 is 0 Å². The van der Waals surface area contributed by atoms with E-state index in [0.29, 0.717) is 6.54 Å². The van der Waals surface area contributed by atoms with Gasteiger partial charge in [0.25, 0.3) is 0 Å². The van der Waals surface area contributed by atoms with Crippen LogP contribution in [-0.4, -0.2) is 49.3 Å². The summed E-state index contributed by atoms with van der Waals surface area (Å²) in [5, 5.41) is 14.2. The summed E-state index contributed by atoms with van der Waals surface area (Å²) in [5.41, 5.74) is 0. The number of amides is 1. The fourth-order valence-corrected chi connectivity index (χ4v) is 3.16. The first-order valence-electron chi connectivity index (χ1n) is 5.78. The molecule has 0 aromatic heterocycles. The van der Waals surface area contributed by atoms with E-state index in [1.807, 2.05) is 6.92 Å². The molecule has 0 bridgehead atoms. The molecule has 0 radical (unpaired) electrons. The first-order valence-corrected chi connectivity index (χ1v) is 7.49. The second-order valence-electron chi connectivity index (χ2n) is 4.57. The number of primary sulfonamides is 1. The molecule has 0 aromatic carbocycles. The largest absolute Gasteiger partial charge is 0.394 e. The molecule has 7 heteroatoms. The van der Waals surface area contributed by atoms with Crippen molar-refractivity contribution in [1.82, 2.24) is 4.90 Å². The molecule has 1 aliphatic heterocycles. The summed E-state index contributed by atoms with van der Waals surface area (Å²) < 4.78 is 21.9.